The maximum atomic E-state index is 10.8. The quantitative estimate of drug-likeness (QED) is 0.648. The molecule has 1 aromatic carbocycles. The lowest BCUT2D eigenvalue weighted by Crippen LogP contribution is -2.34. The molecule has 1 N–H and O–H groups in total. The highest BCUT2D eigenvalue weighted by Crippen LogP contribution is 2.15. The SMILES string of the molecule is O=C(O)CN1CCCN(Cc2cccc([N+](=O)[O-])c2)CC1. The Labute approximate surface area is 122 Å². The third-order valence-corrected chi connectivity index (χ3v) is 3.57. The molecule has 2 rings (SSSR count). The lowest BCUT2D eigenvalue weighted by Gasteiger charge is -2.20. The lowest BCUT2D eigenvalue weighted by molar-refractivity contribution is -0.384. The number of benzene rings is 1. The Balaban J connectivity index is 1.93. The van der Waals surface area contributed by atoms with Gasteiger partial charge in [0.05, 0.1) is 11.5 Å². The van der Waals surface area contributed by atoms with E-state index in [2.05, 4.69) is 4.90 Å². The maximum Gasteiger partial charge on any atom is 0.317 e. The number of nitro benzene ring substituents is 1. The first-order valence-electron chi connectivity index (χ1n) is 6.94. The molecule has 1 saturated heterocycles. The van der Waals surface area contributed by atoms with Gasteiger partial charge in [0.15, 0.2) is 0 Å². The summed E-state index contributed by atoms with van der Waals surface area (Å²) in [6.07, 6.45) is 0.905. The first-order valence-corrected chi connectivity index (χ1v) is 6.94. The molecule has 21 heavy (non-hydrogen) atoms. The highest BCUT2D eigenvalue weighted by Gasteiger charge is 2.17. The second-order valence-corrected chi connectivity index (χ2v) is 5.23. The zero-order valence-electron chi connectivity index (χ0n) is 11.8. The first kappa shape index (κ1) is 15.4. The van der Waals surface area contributed by atoms with Gasteiger partial charge in [0, 0.05) is 38.3 Å². The summed E-state index contributed by atoms with van der Waals surface area (Å²) in [5.74, 6) is -0.804. The van der Waals surface area contributed by atoms with Crippen LogP contribution >= 0.6 is 0 Å². The van der Waals surface area contributed by atoms with E-state index in [4.69, 9.17) is 5.11 Å². The topological polar surface area (TPSA) is 86.9 Å². The predicted octanol–water partition coefficient (Wildman–Crippen LogP) is 1.19. The summed E-state index contributed by atoms with van der Waals surface area (Å²) in [6.45, 7) is 3.86. The average Bonchev–Trinajstić information content (AvgIpc) is 2.64. The fourth-order valence-corrected chi connectivity index (χ4v) is 2.56. The second-order valence-electron chi connectivity index (χ2n) is 5.23. The highest BCUT2D eigenvalue weighted by atomic mass is 16.6. The molecular formula is C14H19N3O4. The Hall–Kier alpha value is -1.99. The minimum absolute atomic E-state index is 0.0741. The number of carboxylic acid groups (broad SMARTS) is 1. The predicted molar refractivity (Wildman–Crippen MR) is 77.1 cm³/mol. The molecule has 0 amide bonds. The molecule has 114 valence electrons. The monoisotopic (exact) mass is 293 g/mol. The van der Waals surface area contributed by atoms with E-state index in [1.165, 1.54) is 6.07 Å². The van der Waals surface area contributed by atoms with E-state index in [9.17, 15) is 14.9 Å². The van der Waals surface area contributed by atoms with Gasteiger partial charge in [-0.15, -0.1) is 0 Å². The van der Waals surface area contributed by atoms with Crippen LogP contribution in [0.15, 0.2) is 24.3 Å². The van der Waals surface area contributed by atoms with Crippen molar-refractivity contribution in [2.45, 2.75) is 13.0 Å². The summed E-state index contributed by atoms with van der Waals surface area (Å²) in [5.41, 5.74) is 1.02. The van der Waals surface area contributed by atoms with Crippen molar-refractivity contribution in [2.24, 2.45) is 0 Å². The number of carboxylic acids is 1. The molecule has 1 aliphatic heterocycles. The molecule has 0 bridgehead atoms. The largest absolute Gasteiger partial charge is 0.480 e. The zero-order chi connectivity index (χ0) is 15.2. The van der Waals surface area contributed by atoms with Gasteiger partial charge >= 0.3 is 5.97 Å². The smallest absolute Gasteiger partial charge is 0.317 e. The van der Waals surface area contributed by atoms with Crippen LogP contribution in [0.25, 0.3) is 0 Å². The van der Waals surface area contributed by atoms with Crippen LogP contribution in [0, 0.1) is 10.1 Å². The Morgan fingerprint density at radius 1 is 1.24 bits per heavy atom. The maximum absolute atomic E-state index is 10.8. The number of carbonyl (C=O) groups is 1. The van der Waals surface area contributed by atoms with Crippen LogP contribution in [0.4, 0.5) is 5.69 Å². The van der Waals surface area contributed by atoms with Gasteiger partial charge in [-0.1, -0.05) is 12.1 Å². The van der Waals surface area contributed by atoms with Crippen LogP contribution in [0.2, 0.25) is 0 Å². The van der Waals surface area contributed by atoms with E-state index in [-0.39, 0.29) is 17.2 Å². The van der Waals surface area contributed by atoms with Gasteiger partial charge in [-0.05, 0) is 18.5 Å². The molecule has 7 nitrogen and oxygen atoms in total. The molecule has 0 aliphatic carbocycles. The lowest BCUT2D eigenvalue weighted by atomic mass is 10.2. The van der Waals surface area contributed by atoms with Gasteiger partial charge in [0.25, 0.3) is 5.69 Å². The van der Waals surface area contributed by atoms with Crippen molar-refractivity contribution in [2.75, 3.05) is 32.7 Å². The summed E-state index contributed by atoms with van der Waals surface area (Å²) >= 11 is 0. The molecule has 7 heteroatoms. The number of non-ortho nitro benzene ring substituents is 1. The van der Waals surface area contributed by atoms with Crippen LogP contribution in [-0.2, 0) is 11.3 Å². The molecule has 0 spiro atoms. The number of aliphatic carboxylic acids is 1. The Kier molecular flexibility index (Phi) is 5.24. The van der Waals surface area contributed by atoms with Gasteiger partial charge in [0.2, 0.25) is 0 Å². The summed E-state index contributed by atoms with van der Waals surface area (Å²) in [4.78, 5) is 25.3. The number of hydrogen-bond acceptors (Lipinski definition) is 5. The molecule has 1 aromatic rings. The van der Waals surface area contributed by atoms with Crippen LogP contribution < -0.4 is 0 Å². The normalized spacial score (nSPS) is 17.3. The second kappa shape index (κ2) is 7.14. The average molecular weight is 293 g/mol. The van der Waals surface area contributed by atoms with Gasteiger partial charge in [0.1, 0.15) is 0 Å². The first-order chi connectivity index (χ1) is 10.0. The highest BCUT2D eigenvalue weighted by molar-refractivity contribution is 5.69. The van der Waals surface area contributed by atoms with E-state index in [1.54, 1.807) is 12.1 Å². The molecule has 0 saturated carbocycles. The summed E-state index contributed by atoms with van der Waals surface area (Å²) in [5, 5.41) is 19.6. The number of nitro groups is 1. The van der Waals surface area contributed by atoms with Crippen molar-refractivity contribution in [3.05, 3.63) is 39.9 Å². The molecule has 1 heterocycles. The summed E-state index contributed by atoms with van der Waals surface area (Å²) < 4.78 is 0. The van der Waals surface area contributed by atoms with Crippen LogP contribution in [0.5, 0.6) is 0 Å². The molecule has 0 unspecified atom stereocenters. The minimum Gasteiger partial charge on any atom is -0.480 e. The standard InChI is InChI=1S/C14H19N3O4/c18-14(19)11-16-6-2-5-15(7-8-16)10-12-3-1-4-13(9-12)17(20)21/h1,3-4,9H,2,5-8,10-11H2,(H,18,19). The van der Waals surface area contributed by atoms with Gasteiger partial charge in [-0.2, -0.15) is 0 Å². The third-order valence-electron chi connectivity index (χ3n) is 3.57. The molecule has 0 radical (unpaired) electrons. The Morgan fingerprint density at radius 3 is 2.67 bits per heavy atom. The molecule has 0 atom stereocenters. The minimum atomic E-state index is -0.804. The van der Waals surface area contributed by atoms with Gasteiger partial charge in [-0.25, -0.2) is 0 Å². The number of hydrogen-bond donors (Lipinski definition) is 1. The molecular weight excluding hydrogens is 274 g/mol. The number of nitrogens with zero attached hydrogens (tertiary/aromatic N) is 3. The molecule has 0 aromatic heterocycles. The van der Waals surface area contributed by atoms with Crippen molar-refractivity contribution >= 4 is 11.7 Å². The molecule has 1 aliphatic rings. The summed E-state index contributed by atoms with van der Waals surface area (Å²) in [6, 6.07) is 6.66. The fourth-order valence-electron chi connectivity index (χ4n) is 2.56. The molecule has 1 fully saturated rings. The van der Waals surface area contributed by atoms with E-state index >= 15 is 0 Å². The van der Waals surface area contributed by atoms with Crippen molar-refractivity contribution in [1.29, 1.82) is 0 Å². The summed E-state index contributed by atoms with van der Waals surface area (Å²) in [7, 11) is 0. The zero-order valence-corrected chi connectivity index (χ0v) is 11.8. The Morgan fingerprint density at radius 2 is 1.95 bits per heavy atom. The number of rotatable bonds is 5. The Bertz CT molecular complexity index is 521. The van der Waals surface area contributed by atoms with E-state index in [1.807, 2.05) is 11.0 Å². The third kappa shape index (κ3) is 4.80. The van der Waals surface area contributed by atoms with Crippen molar-refractivity contribution in [3.8, 4) is 0 Å². The van der Waals surface area contributed by atoms with Gasteiger partial charge < -0.3 is 5.11 Å². The van der Waals surface area contributed by atoms with Crippen molar-refractivity contribution in [1.82, 2.24) is 9.80 Å². The fraction of sp³-hybridized carbons (Fsp3) is 0.500. The van der Waals surface area contributed by atoms with Crippen molar-refractivity contribution < 1.29 is 14.8 Å². The van der Waals surface area contributed by atoms with E-state index in [0.29, 0.717) is 13.1 Å². The van der Waals surface area contributed by atoms with Crippen LogP contribution in [0.3, 0.4) is 0 Å². The van der Waals surface area contributed by atoms with Crippen LogP contribution in [-0.4, -0.2) is 58.5 Å². The van der Waals surface area contributed by atoms with Gasteiger partial charge in [-0.3, -0.25) is 24.7 Å². The van der Waals surface area contributed by atoms with E-state index in [0.717, 1.165) is 31.6 Å². The van der Waals surface area contributed by atoms with Crippen molar-refractivity contribution in [3.63, 3.8) is 0 Å². The van der Waals surface area contributed by atoms with E-state index < -0.39 is 5.97 Å². The van der Waals surface area contributed by atoms with Crippen LogP contribution in [0.1, 0.15) is 12.0 Å².